The van der Waals surface area contributed by atoms with Gasteiger partial charge >= 0.3 is 42.8 Å². The fraction of sp³-hybridized carbons (Fsp3) is 0.298. The normalized spacial score (nSPS) is 18.6. The van der Waals surface area contributed by atoms with E-state index in [9.17, 15) is 58.7 Å². The van der Waals surface area contributed by atoms with Gasteiger partial charge in [-0.3, -0.25) is 15.0 Å². The van der Waals surface area contributed by atoms with Gasteiger partial charge in [0.1, 0.15) is 18.0 Å². The lowest BCUT2D eigenvalue weighted by Crippen LogP contribution is -2.50. The Morgan fingerprint density at radius 2 is 1.11 bits per heavy atom. The zero-order valence-electron chi connectivity index (χ0n) is 36.9. The molecule has 70 heavy (non-hydrogen) atoms. The molecule has 368 valence electrons. The number of alkyl halides is 9. The van der Waals surface area contributed by atoms with Gasteiger partial charge in [-0.25, -0.2) is 29.0 Å². The van der Waals surface area contributed by atoms with E-state index in [0.717, 1.165) is 38.1 Å². The number of carbonyl (C=O) groups is 4. The number of carbonyl (C=O) groups excluding carboxylic acids is 4. The zero-order chi connectivity index (χ0) is 50.7. The minimum atomic E-state index is -5.04. The Kier molecular flexibility index (Phi) is 14.4. The molecular formula is C47H40F9N7O7. The highest BCUT2D eigenvalue weighted by Crippen LogP contribution is 2.42. The Morgan fingerprint density at radius 3 is 1.66 bits per heavy atom. The number of amides is 6. The number of methoxy groups -OCH3 is 1. The van der Waals surface area contributed by atoms with E-state index in [0.29, 0.717) is 28.8 Å². The van der Waals surface area contributed by atoms with Gasteiger partial charge in [-0.15, -0.1) is 0 Å². The summed E-state index contributed by atoms with van der Waals surface area (Å²) in [5.41, 5.74) is -2.24. The third-order valence-corrected chi connectivity index (χ3v) is 11.3. The molecule has 8 rings (SSSR count). The lowest BCUT2D eigenvalue weighted by Gasteiger charge is -2.35. The summed E-state index contributed by atoms with van der Waals surface area (Å²) in [5, 5.41) is 7.71. The number of hydrogen-bond acceptors (Lipinski definition) is 10. The van der Waals surface area contributed by atoms with Crippen LogP contribution in [0.2, 0.25) is 0 Å². The van der Waals surface area contributed by atoms with Gasteiger partial charge in [-0.2, -0.15) is 39.5 Å². The Morgan fingerprint density at radius 1 is 0.643 bits per heavy atom. The van der Waals surface area contributed by atoms with E-state index in [-0.39, 0.29) is 43.6 Å². The lowest BCUT2D eigenvalue weighted by atomic mass is 9.92. The standard InChI is InChI=1S/C24H19F6N3O3.C23H21F3N4O4/c1-13-12-33(21(34)32-11-16-10-31-9-14-4-2-3-5-19(14)16)22(35)36-20(13)15-6-17(23(25,26)27)8-18(7-15)24(28,29)30;1-13-12-30(21(31)29-11-16-10-27-9-14-4-3-5-28-19(14)16)22(32)34-20(13)15-6-17(23(24,25)26)8-18(7-15)33-2/h2-10,13,20H,11-12H2,1H3,(H,32,34);3-10,13,20H,11-12H2,1-2H3,(H,29,31)/t2*13-,20+/m11/s1. The highest BCUT2D eigenvalue weighted by atomic mass is 19.4. The maximum atomic E-state index is 13.3. The van der Waals surface area contributed by atoms with Crippen molar-refractivity contribution in [3.8, 4) is 5.75 Å². The number of benzene rings is 3. The minimum absolute atomic E-state index is 0.000700. The Hall–Kier alpha value is -7.72. The Balaban J connectivity index is 0.000000207. The van der Waals surface area contributed by atoms with Crippen LogP contribution < -0.4 is 15.4 Å². The largest absolute Gasteiger partial charge is 0.497 e. The molecule has 3 aromatic heterocycles. The van der Waals surface area contributed by atoms with Crippen LogP contribution in [0.3, 0.4) is 0 Å². The highest BCUT2D eigenvalue weighted by Gasteiger charge is 2.43. The molecule has 0 saturated carbocycles. The quantitative estimate of drug-likeness (QED) is 0.147. The number of pyridine rings is 3. The summed E-state index contributed by atoms with van der Waals surface area (Å²) in [5.74, 6) is -1.28. The van der Waals surface area contributed by atoms with E-state index >= 15 is 0 Å². The van der Waals surface area contributed by atoms with Gasteiger partial charge in [0.05, 0.1) is 29.3 Å². The molecule has 2 N–H and O–H groups in total. The number of cyclic esters (lactones) is 2. The first-order valence-electron chi connectivity index (χ1n) is 21.1. The van der Waals surface area contributed by atoms with Crippen LogP contribution in [0, 0.1) is 11.8 Å². The summed E-state index contributed by atoms with van der Waals surface area (Å²) in [4.78, 5) is 64.6. The summed E-state index contributed by atoms with van der Waals surface area (Å²) in [6, 6.07) is 13.7. The third-order valence-electron chi connectivity index (χ3n) is 11.3. The van der Waals surface area contributed by atoms with Crippen LogP contribution in [-0.2, 0) is 41.1 Å². The lowest BCUT2D eigenvalue weighted by molar-refractivity contribution is -0.143. The van der Waals surface area contributed by atoms with E-state index < -0.39 is 89.1 Å². The van der Waals surface area contributed by atoms with E-state index in [1.54, 1.807) is 44.0 Å². The Labute approximate surface area is 391 Å². The van der Waals surface area contributed by atoms with E-state index in [2.05, 4.69) is 25.6 Å². The number of ether oxygens (including phenoxy) is 3. The van der Waals surface area contributed by atoms with E-state index in [4.69, 9.17) is 14.2 Å². The van der Waals surface area contributed by atoms with Gasteiger partial charge in [0.2, 0.25) is 0 Å². The van der Waals surface area contributed by atoms with Gasteiger partial charge in [0.25, 0.3) is 0 Å². The van der Waals surface area contributed by atoms with Gasteiger partial charge in [-0.05, 0) is 70.6 Å². The molecule has 0 bridgehead atoms. The molecule has 6 aromatic rings. The number of nitrogens with one attached hydrogen (secondary N) is 2. The maximum absolute atomic E-state index is 13.3. The number of imide groups is 2. The van der Waals surface area contributed by atoms with Crippen molar-refractivity contribution >= 4 is 45.9 Å². The van der Waals surface area contributed by atoms with Crippen molar-refractivity contribution in [3.63, 3.8) is 0 Å². The second-order valence-corrected chi connectivity index (χ2v) is 16.3. The zero-order valence-corrected chi connectivity index (χ0v) is 36.9. The molecule has 0 unspecified atom stereocenters. The molecule has 2 fully saturated rings. The van der Waals surface area contributed by atoms with E-state index in [1.165, 1.54) is 20.1 Å². The number of hydrogen-bond donors (Lipinski definition) is 2. The summed E-state index contributed by atoms with van der Waals surface area (Å²) in [6.45, 7) is 2.92. The molecule has 3 aromatic carbocycles. The van der Waals surface area contributed by atoms with Gasteiger partial charge in [0, 0.05) is 85.3 Å². The molecule has 6 amide bonds. The first-order valence-corrected chi connectivity index (χ1v) is 21.1. The predicted octanol–water partition coefficient (Wildman–Crippen LogP) is 11.0. The highest BCUT2D eigenvalue weighted by molar-refractivity contribution is 5.93. The summed E-state index contributed by atoms with van der Waals surface area (Å²) in [6.07, 6.45) is -11.1. The summed E-state index contributed by atoms with van der Waals surface area (Å²) in [7, 11) is 1.25. The smallest absolute Gasteiger partial charge is 0.418 e. The predicted molar refractivity (Wildman–Crippen MR) is 230 cm³/mol. The van der Waals surface area contributed by atoms with Crippen molar-refractivity contribution < 1.29 is 72.9 Å². The summed E-state index contributed by atoms with van der Waals surface area (Å²) < 4.78 is 135. The molecule has 4 atom stereocenters. The second kappa shape index (κ2) is 20.1. The average molecular weight is 986 g/mol. The minimum Gasteiger partial charge on any atom is -0.497 e. The van der Waals surface area contributed by atoms with Crippen LogP contribution in [0.15, 0.2) is 104 Å². The van der Waals surface area contributed by atoms with E-state index in [1.807, 2.05) is 30.3 Å². The number of nitrogens with zero attached hydrogens (tertiary/aromatic N) is 5. The van der Waals surface area contributed by atoms with Crippen molar-refractivity contribution in [1.29, 1.82) is 0 Å². The SMILES string of the molecule is COc1cc([C@H]2OC(=O)N(C(=O)NCc3cncc4cccnc34)C[C@H]2C)cc(C(F)(F)F)c1.C[C@@H]1CN(C(=O)NCc2cncc3ccccc23)C(=O)O[C@@H]1c1cc(C(F)(F)F)cc(C(F)(F)F)c1. The number of fused-ring (bicyclic) bond motifs is 2. The molecule has 0 aliphatic carbocycles. The van der Waals surface area contributed by atoms with Crippen LogP contribution in [0.1, 0.15) is 65.0 Å². The topological polar surface area (TPSA) is 165 Å². The number of aromatic nitrogens is 3. The Bertz CT molecular complexity index is 2890. The molecule has 2 saturated heterocycles. The van der Waals surface area contributed by atoms with Gasteiger partial charge in [-0.1, -0.05) is 38.1 Å². The molecule has 0 spiro atoms. The number of urea groups is 2. The molecule has 0 radical (unpaired) electrons. The molecule has 5 heterocycles. The van der Waals surface area contributed by atoms with Gasteiger partial charge in [0.15, 0.2) is 0 Å². The number of halogens is 9. The molecule has 2 aliphatic rings. The van der Waals surface area contributed by atoms with Crippen molar-refractivity contribution in [3.05, 3.63) is 143 Å². The van der Waals surface area contributed by atoms with Crippen LogP contribution in [0.4, 0.5) is 58.7 Å². The molecule has 2 aliphatic heterocycles. The van der Waals surface area contributed by atoms with Crippen LogP contribution in [-0.4, -0.2) is 69.2 Å². The van der Waals surface area contributed by atoms with Crippen LogP contribution in [0.25, 0.3) is 21.7 Å². The van der Waals surface area contributed by atoms with Gasteiger partial charge < -0.3 is 24.8 Å². The fourth-order valence-electron chi connectivity index (χ4n) is 7.87. The van der Waals surface area contributed by atoms with Crippen molar-refractivity contribution in [2.24, 2.45) is 11.8 Å². The monoisotopic (exact) mass is 985 g/mol. The first-order chi connectivity index (χ1) is 33.0. The maximum Gasteiger partial charge on any atom is 0.418 e. The third kappa shape index (κ3) is 11.4. The van der Waals surface area contributed by atoms with Crippen molar-refractivity contribution in [2.75, 3.05) is 20.2 Å². The molecular weight excluding hydrogens is 946 g/mol. The second-order valence-electron chi connectivity index (χ2n) is 16.3. The first kappa shape index (κ1) is 50.2. The van der Waals surface area contributed by atoms with Crippen molar-refractivity contribution in [1.82, 2.24) is 35.4 Å². The molecule has 23 heteroatoms. The average Bonchev–Trinajstić information content (AvgIpc) is 3.32. The molecule has 14 nitrogen and oxygen atoms in total. The number of rotatable bonds is 7. The van der Waals surface area contributed by atoms with Crippen LogP contribution >= 0.6 is 0 Å². The van der Waals surface area contributed by atoms with Crippen molar-refractivity contribution in [2.45, 2.75) is 57.7 Å². The van der Waals surface area contributed by atoms with Crippen LogP contribution in [0.5, 0.6) is 5.75 Å². The fourth-order valence-corrected chi connectivity index (χ4v) is 7.87. The summed E-state index contributed by atoms with van der Waals surface area (Å²) >= 11 is 0.